The Bertz CT molecular complexity index is 146. The van der Waals surface area contributed by atoms with Crippen molar-refractivity contribution in [3.05, 3.63) is 0 Å². The maximum absolute atomic E-state index is 10.3. The zero-order valence-corrected chi connectivity index (χ0v) is 9.34. The van der Waals surface area contributed by atoms with E-state index in [2.05, 4.69) is 0 Å². The molecule has 0 saturated heterocycles. The monoisotopic (exact) mass is 200 g/mol. The van der Waals surface area contributed by atoms with E-state index >= 15 is 0 Å². The van der Waals surface area contributed by atoms with E-state index < -0.39 is 5.60 Å². The zero-order valence-electron chi connectivity index (χ0n) is 9.34. The van der Waals surface area contributed by atoms with E-state index in [-0.39, 0.29) is 6.10 Å². The summed E-state index contributed by atoms with van der Waals surface area (Å²) in [7, 11) is 0. The minimum atomic E-state index is -0.411. The summed E-state index contributed by atoms with van der Waals surface area (Å²) in [5, 5.41) is 19.4. The summed E-state index contributed by atoms with van der Waals surface area (Å²) >= 11 is 0. The molecule has 1 atom stereocenters. The molecule has 2 N–H and O–H groups in total. The van der Waals surface area contributed by atoms with E-state index in [0.29, 0.717) is 0 Å². The average molecular weight is 200 g/mol. The molecule has 1 aliphatic carbocycles. The van der Waals surface area contributed by atoms with Gasteiger partial charge in [0.25, 0.3) is 0 Å². The van der Waals surface area contributed by atoms with Gasteiger partial charge in [0.2, 0.25) is 0 Å². The minimum absolute atomic E-state index is 0.218. The molecule has 0 spiro atoms. The Morgan fingerprint density at radius 3 is 2.21 bits per heavy atom. The van der Waals surface area contributed by atoms with Crippen LogP contribution >= 0.6 is 0 Å². The predicted octanol–water partition coefficient (Wildman–Crippen LogP) is 2.62. The van der Waals surface area contributed by atoms with Crippen molar-refractivity contribution >= 4 is 0 Å². The quantitative estimate of drug-likeness (QED) is 0.685. The molecule has 0 amide bonds. The molecule has 0 aromatic carbocycles. The van der Waals surface area contributed by atoms with Gasteiger partial charge in [-0.1, -0.05) is 25.7 Å². The first kappa shape index (κ1) is 12.0. The van der Waals surface area contributed by atoms with Gasteiger partial charge in [0.15, 0.2) is 0 Å². The second-order valence-electron chi connectivity index (χ2n) is 4.88. The van der Waals surface area contributed by atoms with Crippen molar-refractivity contribution in [1.82, 2.24) is 0 Å². The standard InChI is InChI=1S/C12H24O2/c1-11(13)7-6-10-12(14)8-4-2-3-5-9-12/h11,13-14H,2-10H2,1H3. The molecule has 0 aromatic heterocycles. The first-order chi connectivity index (χ1) is 6.62. The van der Waals surface area contributed by atoms with E-state index in [1.807, 2.05) is 6.92 Å². The van der Waals surface area contributed by atoms with Gasteiger partial charge in [0.05, 0.1) is 11.7 Å². The minimum Gasteiger partial charge on any atom is -0.393 e. The Kier molecular flexibility index (Phi) is 4.90. The van der Waals surface area contributed by atoms with Crippen LogP contribution < -0.4 is 0 Å². The van der Waals surface area contributed by atoms with Gasteiger partial charge in [-0.3, -0.25) is 0 Å². The Morgan fingerprint density at radius 1 is 1.14 bits per heavy atom. The van der Waals surface area contributed by atoms with Gasteiger partial charge >= 0.3 is 0 Å². The van der Waals surface area contributed by atoms with Crippen LogP contribution in [-0.2, 0) is 0 Å². The van der Waals surface area contributed by atoms with Crippen molar-refractivity contribution in [2.75, 3.05) is 0 Å². The number of hydrogen-bond acceptors (Lipinski definition) is 2. The third-order valence-electron chi connectivity index (χ3n) is 3.30. The molecule has 1 aliphatic rings. The normalized spacial score (nSPS) is 24.2. The highest BCUT2D eigenvalue weighted by Gasteiger charge is 2.27. The van der Waals surface area contributed by atoms with Gasteiger partial charge in [-0.2, -0.15) is 0 Å². The third-order valence-corrected chi connectivity index (χ3v) is 3.30. The molecule has 0 aliphatic heterocycles. The average Bonchev–Trinajstić information content (AvgIpc) is 2.30. The Morgan fingerprint density at radius 2 is 1.71 bits per heavy atom. The Balaban J connectivity index is 2.24. The van der Waals surface area contributed by atoms with Crippen molar-refractivity contribution in [3.63, 3.8) is 0 Å². The lowest BCUT2D eigenvalue weighted by Gasteiger charge is -2.26. The van der Waals surface area contributed by atoms with Gasteiger partial charge in [-0.15, -0.1) is 0 Å². The van der Waals surface area contributed by atoms with E-state index in [0.717, 1.165) is 32.1 Å². The summed E-state index contributed by atoms with van der Waals surface area (Å²) < 4.78 is 0. The molecule has 0 bridgehead atoms. The van der Waals surface area contributed by atoms with Gasteiger partial charge in [-0.05, 0) is 39.0 Å². The van der Waals surface area contributed by atoms with E-state index in [9.17, 15) is 5.11 Å². The predicted molar refractivity (Wildman–Crippen MR) is 58.2 cm³/mol. The summed E-state index contributed by atoms with van der Waals surface area (Å²) in [6.07, 6.45) is 9.26. The fraction of sp³-hybridized carbons (Fsp3) is 1.00. The van der Waals surface area contributed by atoms with Crippen LogP contribution in [0, 0.1) is 0 Å². The van der Waals surface area contributed by atoms with Crippen LogP contribution in [0.25, 0.3) is 0 Å². The van der Waals surface area contributed by atoms with E-state index in [1.165, 1.54) is 25.7 Å². The maximum atomic E-state index is 10.3. The van der Waals surface area contributed by atoms with Crippen molar-refractivity contribution in [2.24, 2.45) is 0 Å². The largest absolute Gasteiger partial charge is 0.393 e. The van der Waals surface area contributed by atoms with Crippen molar-refractivity contribution in [1.29, 1.82) is 0 Å². The first-order valence-corrected chi connectivity index (χ1v) is 6.03. The van der Waals surface area contributed by atoms with Crippen molar-refractivity contribution < 1.29 is 10.2 Å². The Hall–Kier alpha value is -0.0800. The van der Waals surface area contributed by atoms with Gasteiger partial charge in [0, 0.05) is 0 Å². The highest BCUT2D eigenvalue weighted by atomic mass is 16.3. The molecule has 1 fully saturated rings. The van der Waals surface area contributed by atoms with E-state index in [1.54, 1.807) is 0 Å². The molecule has 2 nitrogen and oxygen atoms in total. The number of aliphatic hydroxyl groups excluding tert-OH is 1. The van der Waals surface area contributed by atoms with Crippen molar-refractivity contribution in [2.45, 2.75) is 76.4 Å². The van der Waals surface area contributed by atoms with Gasteiger partial charge in [0.1, 0.15) is 0 Å². The van der Waals surface area contributed by atoms with Crippen LogP contribution in [0.2, 0.25) is 0 Å². The van der Waals surface area contributed by atoms with Crippen LogP contribution in [0.1, 0.15) is 64.7 Å². The molecular formula is C12H24O2. The molecular weight excluding hydrogens is 176 g/mol. The van der Waals surface area contributed by atoms with Crippen LogP contribution in [-0.4, -0.2) is 21.9 Å². The number of aliphatic hydroxyl groups is 2. The van der Waals surface area contributed by atoms with Crippen LogP contribution in [0.4, 0.5) is 0 Å². The second-order valence-corrected chi connectivity index (χ2v) is 4.88. The first-order valence-electron chi connectivity index (χ1n) is 6.03. The van der Waals surface area contributed by atoms with Crippen LogP contribution in [0.3, 0.4) is 0 Å². The number of rotatable bonds is 4. The molecule has 1 unspecified atom stereocenters. The lowest BCUT2D eigenvalue weighted by atomic mass is 9.88. The topological polar surface area (TPSA) is 40.5 Å². The van der Waals surface area contributed by atoms with Crippen LogP contribution in [0.15, 0.2) is 0 Å². The molecule has 0 heterocycles. The fourth-order valence-electron chi connectivity index (χ4n) is 2.36. The third kappa shape index (κ3) is 4.43. The highest BCUT2D eigenvalue weighted by Crippen LogP contribution is 2.31. The smallest absolute Gasteiger partial charge is 0.0647 e. The summed E-state index contributed by atoms with van der Waals surface area (Å²) in [4.78, 5) is 0. The molecule has 84 valence electrons. The van der Waals surface area contributed by atoms with E-state index in [4.69, 9.17) is 5.11 Å². The van der Waals surface area contributed by atoms with Gasteiger partial charge < -0.3 is 10.2 Å². The zero-order chi connectivity index (χ0) is 10.4. The molecule has 1 saturated carbocycles. The molecule has 0 radical (unpaired) electrons. The summed E-state index contributed by atoms with van der Waals surface area (Å²) in [6.45, 7) is 1.82. The summed E-state index contributed by atoms with van der Waals surface area (Å²) in [6, 6.07) is 0. The highest BCUT2D eigenvalue weighted by molar-refractivity contribution is 4.80. The maximum Gasteiger partial charge on any atom is 0.0647 e. The SMILES string of the molecule is CC(O)CCCC1(O)CCCCCC1. The number of hydrogen-bond donors (Lipinski definition) is 2. The molecule has 14 heavy (non-hydrogen) atoms. The summed E-state index contributed by atoms with van der Waals surface area (Å²) in [5.74, 6) is 0. The molecule has 1 rings (SSSR count). The van der Waals surface area contributed by atoms with Crippen LogP contribution in [0.5, 0.6) is 0 Å². The molecule has 0 aromatic rings. The van der Waals surface area contributed by atoms with Crippen molar-refractivity contribution in [3.8, 4) is 0 Å². The van der Waals surface area contributed by atoms with Gasteiger partial charge in [-0.25, -0.2) is 0 Å². The lowest BCUT2D eigenvalue weighted by molar-refractivity contribution is 0.0114. The molecule has 2 heteroatoms. The Labute approximate surface area is 87.3 Å². The summed E-state index contributed by atoms with van der Waals surface area (Å²) in [5.41, 5.74) is -0.411. The fourth-order valence-corrected chi connectivity index (χ4v) is 2.36. The second kappa shape index (κ2) is 5.72. The lowest BCUT2D eigenvalue weighted by Crippen LogP contribution is -2.27.